The van der Waals surface area contributed by atoms with E-state index in [4.69, 9.17) is 0 Å². The van der Waals surface area contributed by atoms with E-state index in [1.54, 1.807) is 18.1 Å². The van der Waals surface area contributed by atoms with Crippen molar-refractivity contribution in [1.82, 2.24) is 19.6 Å². The molecule has 142 valence electrons. The molecular weight excluding hydrogens is 344 g/mol. The predicted molar refractivity (Wildman–Crippen MR) is 99.3 cm³/mol. The molecule has 0 bridgehead atoms. The van der Waals surface area contributed by atoms with Gasteiger partial charge in [0.25, 0.3) is 0 Å². The van der Waals surface area contributed by atoms with Gasteiger partial charge in [-0.1, -0.05) is 12.1 Å². The number of hydrogen-bond acceptors (Lipinski definition) is 4. The largest absolute Gasteiger partial charge is 0.481 e. The standard InChI is InChI=1S/C20H24N4O3/c1-22-18(25)13-17(19(26)27)20(22)7-11-23(12-8-20)14-15-3-5-16(6-4-15)24-10-2-9-21-24/h2-6,9-10,17H,7-8,11-14H2,1H3,(H,26,27). The van der Waals surface area contributed by atoms with Crippen LogP contribution in [0, 0.1) is 5.92 Å². The molecule has 3 heterocycles. The lowest BCUT2D eigenvalue weighted by atomic mass is 9.77. The second-order valence-electron chi connectivity index (χ2n) is 7.54. The molecule has 2 aromatic rings. The molecule has 1 N–H and O–H groups in total. The molecule has 2 saturated heterocycles. The fourth-order valence-electron chi connectivity index (χ4n) is 4.52. The van der Waals surface area contributed by atoms with Gasteiger partial charge < -0.3 is 10.0 Å². The second-order valence-corrected chi connectivity index (χ2v) is 7.54. The molecule has 2 aliphatic heterocycles. The van der Waals surface area contributed by atoms with E-state index >= 15 is 0 Å². The third kappa shape index (κ3) is 3.12. The average Bonchev–Trinajstić information content (AvgIpc) is 3.28. The Kier molecular flexibility index (Phi) is 4.47. The zero-order valence-corrected chi connectivity index (χ0v) is 15.4. The lowest BCUT2D eigenvalue weighted by Crippen LogP contribution is -2.55. The Morgan fingerprint density at radius 2 is 1.96 bits per heavy atom. The minimum Gasteiger partial charge on any atom is -0.481 e. The van der Waals surface area contributed by atoms with E-state index < -0.39 is 17.4 Å². The third-order valence-electron chi connectivity index (χ3n) is 6.20. The fraction of sp³-hybridized carbons (Fsp3) is 0.450. The monoisotopic (exact) mass is 368 g/mol. The summed E-state index contributed by atoms with van der Waals surface area (Å²) in [5, 5.41) is 13.8. The summed E-state index contributed by atoms with van der Waals surface area (Å²) >= 11 is 0. The number of carbonyl (C=O) groups excluding carboxylic acids is 1. The van der Waals surface area contributed by atoms with Crippen molar-refractivity contribution in [2.75, 3.05) is 20.1 Å². The quantitative estimate of drug-likeness (QED) is 0.890. The Hall–Kier alpha value is -2.67. The molecule has 27 heavy (non-hydrogen) atoms. The first-order chi connectivity index (χ1) is 13.0. The number of amides is 1. The van der Waals surface area contributed by atoms with E-state index in [-0.39, 0.29) is 12.3 Å². The molecule has 1 unspecified atom stereocenters. The van der Waals surface area contributed by atoms with Crippen LogP contribution in [-0.2, 0) is 16.1 Å². The summed E-state index contributed by atoms with van der Waals surface area (Å²) in [5.74, 6) is -1.49. The molecule has 0 saturated carbocycles. The Morgan fingerprint density at radius 3 is 2.56 bits per heavy atom. The van der Waals surface area contributed by atoms with Crippen LogP contribution in [0.4, 0.5) is 0 Å². The molecule has 7 heteroatoms. The van der Waals surface area contributed by atoms with E-state index in [0.29, 0.717) is 12.8 Å². The van der Waals surface area contributed by atoms with Crippen molar-refractivity contribution in [3.63, 3.8) is 0 Å². The number of nitrogens with zero attached hydrogens (tertiary/aromatic N) is 4. The first-order valence-electron chi connectivity index (χ1n) is 9.30. The van der Waals surface area contributed by atoms with E-state index in [1.165, 1.54) is 5.56 Å². The number of aromatic nitrogens is 2. The molecule has 1 aromatic carbocycles. The van der Waals surface area contributed by atoms with E-state index in [2.05, 4.69) is 34.3 Å². The van der Waals surface area contributed by atoms with Crippen molar-refractivity contribution in [1.29, 1.82) is 0 Å². The van der Waals surface area contributed by atoms with Gasteiger partial charge in [-0.3, -0.25) is 14.5 Å². The summed E-state index contributed by atoms with van der Waals surface area (Å²) in [7, 11) is 1.76. The van der Waals surface area contributed by atoms with Crippen molar-refractivity contribution in [2.45, 2.75) is 31.3 Å². The summed E-state index contributed by atoms with van der Waals surface area (Å²) in [6.07, 6.45) is 5.21. The van der Waals surface area contributed by atoms with E-state index in [1.807, 2.05) is 16.9 Å². The summed E-state index contributed by atoms with van der Waals surface area (Å²) in [6, 6.07) is 10.2. The van der Waals surface area contributed by atoms with Gasteiger partial charge >= 0.3 is 5.97 Å². The van der Waals surface area contributed by atoms with Gasteiger partial charge in [0, 0.05) is 45.5 Å². The van der Waals surface area contributed by atoms with Gasteiger partial charge in [-0.15, -0.1) is 0 Å². The highest BCUT2D eigenvalue weighted by Crippen LogP contribution is 2.43. The highest BCUT2D eigenvalue weighted by Gasteiger charge is 2.55. The number of rotatable bonds is 4. The number of piperidine rings is 1. The number of benzene rings is 1. The minimum atomic E-state index is -0.852. The second kappa shape index (κ2) is 6.81. The van der Waals surface area contributed by atoms with Gasteiger partial charge in [-0.25, -0.2) is 4.68 Å². The fourth-order valence-corrected chi connectivity index (χ4v) is 4.52. The molecule has 0 radical (unpaired) electrons. The minimum absolute atomic E-state index is 0.0509. The zero-order valence-electron chi connectivity index (χ0n) is 15.4. The lowest BCUT2D eigenvalue weighted by Gasteiger charge is -2.45. The van der Waals surface area contributed by atoms with E-state index in [9.17, 15) is 14.7 Å². The van der Waals surface area contributed by atoms with Gasteiger partial charge in [0.1, 0.15) is 0 Å². The summed E-state index contributed by atoms with van der Waals surface area (Å²) in [6.45, 7) is 2.41. The number of carboxylic acids is 1. The van der Waals surface area contributed by atoms with Crippen LogP contribution in [0.1, 0.15) is 24.8 Å². The molecule has 2 aliphatic rings. The molecule has 2 fully saturated rings. The maximum Gasteiger partial charge on any atom is 0.309 e. The normalized spacial score (nSPS) is 22.5. The zero-order chi connectivity index (χ0) is 19.0. The molecule has 1 spiro atoms. The SMILES string of the molecule is CN1C(=O)CC(C(=O)O)C12CCN(Cc1ccc(-n3cccn3)cc1)CC2. The Labute approximate surface area is 158 Å². The van der Waals surface area contributed by atoms with Gasteiger partial charge in [0.15, 0.2) is 0 Å². The van der Waals surface area contributed by atoms with Crippen molar-refractivity contribution >= 4 is 11.9 Å². The smallest absolute Gasteiger partial charge is 0.309 e. The number of carbonyl (C=O) groups is 2. The maximum atomic E-state index is 12.1. The molecule has 4 rings (SSSR count). The van der Waals surface area contributed by atoms with Gasteiger partial charge in [0.05, 0.1) is 17.1 Å². The Bertz CT molecular complexity index is 823. The van der Waals surface area contributed by atoms with Gasteiger partial charge in [-0.2, -0.15) is 5.10 Å². The van der Waals surface area contributed by atoms with Crippen LogP contribution in [0.15, 0.2) is 42.7 Å². The Balaban J connectivity index is 1.41. The lowest BCUT2D eigenvalue weighted by molar-refractivity contribution is -0.146. The van der Waals surface area contributed by atoms with E-state index in [0.717, 1.165) is 25.3 Å². The Morgan fingerprint density at radius 1 is 1.26 bits per heavy atom. The van der Waals surface area contributed by atoms with Crippen LogP contribution in [0.3, 0.4) is 0 Å². The maximum absolute atomic E-state index is 12.1. The molecule has 7 nitrogen and oxygen atoms in total. The first kappa shape index (κ1) is 17.7. The van der Waals surface area contributed by atoms with Crippen LogP contribution in [0.5, 0.6) is 0 Å². The highest BCUT2D eigenvalue weighted by atomic mass is 16.4. The predicted octanol–water partition coefficient (Wildman–Crippen LogP) is 1.77. The third-order valence-corrected chi connectivity index (χ3v) is 6.20. The highest BCUT2D eigenvalue weighted by molar-refractivity contribution is 5.88. The molecular formula is C20H24N4O3. The number of hydrogen-bond donors (Lipinski definition) is 1. The van der Waals surface area contributed by atoms with Crippen LogP contribution >= 0.6 is 0 Å². The average molecular weight is 368 g/mol. The van der Waals surface area contributed by atoms with Crippen molar-refractivity contribution in [3.05, 3.63) is 48.3 Å². The van der Waals surface area contributed by atoms with Crippen molar-refractivity contribution in [2.24, 2.45) is 5.92 Å². The van der Waals surface area contributed by atoms with Gasteiger partial charge in [-0.05, 0) is 36.6 Å². The van der Waals surface area contributed by atoms with Crippen LogP contribution in [-0.4, -0.2) is 62.2 Å². The summed E-state index contributed by atoms with van der Waals surface area (Å²) < 4.78 is 1.83. The number of carboxylic acid groups (broad SMARTS) is 1. The van der Waals surface area contributed by atoms with Crippen molar-refractivity contribution < 1.29 is 14.7 Å². The van der Waals surface area contributed by atoms with Crippen molar-refractivity contribution in [3.8, 4) is 5.69 Å². The van der Waals surface area contributed by atoms with Crippen LogP contribution < -0.4 is 0 Å². The molecule has 1 aromatic heterocycles. The summed E-state index contributed by atoms with van der Waals surface area (Å²) in [5.41, 5.74) is 1.72. The molecule has 1 atom stereocenters. The number of aliphatic carboxylic acids is 1. The van der Waals surface area contributed by atoms with Crippen LogP contribution in [0.25, 0.3) is 5.69 Å². The topological polar surface area (TPSA) is 78.7 Å². The first-order valence-corrected chi connectivity index (χ1v) is 9.30. The molecule has 1 amide bonds. The van der Waals surface area contributed by atoms with Gasteiger partial charge in [0.2, 0.25) is 5.91 Å². The van der Waals surface area contributed by atoms with Crippen LogP contribution in [0.2, 0.25) is 0 Å². The summed E-state index contributed by atoms with van der Waals surface area (Å²) in [4.78, 5) is 27.8. The molecule has 0 aliphatic carbocycles. The number of likely N-dealkylation sites (tertiary alicyclic amines) is 2.